The molecule has 1 aliphatic carbocycles. The SMILES string of the molecule is COc1ccc(N2CCN(c3ncc4c(n3)C[C@H](c3ccccc3O)CC4=O)CC2)cc1. The molecule has 32 heavy (non-hydrogen) atoms. The highest BCUT2D eigenvalue weighted by atomic mass is 16.5. The first-order valence-electron chi connectivity index (χ1n) is 10.9. The molecule has 2 aromatic carbocycles. The zero-order chi connectivity index (χ0) is 22.1. The number of carbonyl (C=O) groups excluding carboxylic acids is 1. The first-order chi connectivity index (χ1) is 15.6. The van der Waals surface area contributed by atoms with E-state index < -0.39 is 0 Å². The van der Waals surface area contributed by atoms with Crippen LogP contribution in [-0.4, -0.2) is 54.1 Å². The normalized spacial score (nSPS) is 18.4. The highest BCUT2D eigenvalue weighted by Crippen LogP contribution is 2.36. The van der Waals surface area contributed by atoms with Gasteiger partial charge in [0.1, 0.15) is 11.5 Å². The number of carbonyl (C=O) groups is 1. The third kappa shape index (κ3) is 3.86. The maximum atomic E-state index is 12.7. The largest absolute Gasteiger partial charge is 0.508 e. The molecule has 1 N–H and O–H groups in total. The monoisotopic (exact) mass is 430 g/mol. The van der Waals surface area contributed by atoms with Crippen LogP contribution in [0.25, 0.3) is 0 Å². The molecule has 0 saturated carbocycles. The summed E-state index contributed by atoms with van der Waals surface area (Å²) >= 11 is 0. The summed E-state index contributed by atoms with van der Waals surface area (Å²) in [5.41, 5.74) is 3.36. The highest BCUT2D eigenvalue weighted by molar-refractivity contribution is 5.98. The molecule has 0 bridgehead atoms. The van der Waals surface area contributed by atoms with E-state index in [1.807, 2.05) is 24.3 Å². The number of phenols is 1. The van der Waals surface area contributed by atoms with Crippen molar-refractivity contribution >= 4 is 17.4 Å². The van der Waals surface area contributed by atoms with E-state index in [-0.39, 0.29) is 17.5 Å². The van der Waals surface area contributed by atoms with E-state index in [0.29, 0.717) is 24.4 Å². The first-order valence-corrected chi connectivity index (χ1v) is 10.9. The molecule has 1 atom stereocenters. The number of piperazine rings is 1. The second-order valence-electron chi connectivity index (χ2n) is 8.29. The van der Waals surface area contributed by atoms with Gasteiger partial charge in [-0.25, -0.2) is 9.97 Å². The minimum absolute atomic E-state index is 0.0374. The molecule has 7 nitrogen and oxygen atoms in total. The quantitative estimate of drug-likeness (QED) is 0.679. The van der Waals surface area contributed by atoms with Crippen LogP contribution in [0.15, 0.2) is 54.7 Å². The van der Waals surface area contributed by atoms with Crippen LogP contribution in [0.5, 0.6) is 11.5 Å². The predicted molar refractivity (Wildman–Crippen MR) is 123 cm³/mol. The van der Waals surface area contributed by atoms with Crippen molar-refractivity contribution in [3.63, 3.8) is 0 Å². The Morgan fingerprint density at radius 3 is 2.41 bits per heavy atom. The van der Waals surface area contributed by atoms with Gasteiger partial charge in [-0.05, 0) is 42.3 Å². The summed E-state index contributed by atoms with van der Waals surface area (Å²) in [6.07, 6.45) is 2.67. The third-order valence-electron chi connectivity index (χ3n) is 6.40. The number of rotatable bonds is 4. The van der Waals surface area contributed by atoms with Crippen LogP contribution in [0.2, 0.25) is 0 Å². The number of benzene rings is 2. The van der Waals surface area contributed by atoms with Crippen LogP contribution < -0.4 is 14.5 Å². The summed E-state index contributed by atoms with van der Waals surface area (Å²) in [7, 11) is 1.67. The molecule has 3 aromatic rings. The number of hydrogen-bond acceptors (Lipinski definition) is 7. The number of nitrogens with zero attached hydrogens (tertiary/aromatic N) is 4. The molecule has 0 unspecified atom stereocenters. The molecule has 2 heterocycles. The minimum Gasteiger partial charge on any atom is -0.508 e. The Kier molecular flexibility index (Phi) is 5.39. The number of hydrogen-bond donors (Lipinski definition) is 1. The van der Waals surface area contributed by atoms with Gasteiger partial charge in [0, 0.05) is 50.4 Å². The molecule has 0 amide bonds. The fraction of sp³-hybridized carbons (Fsp3) is 0.320. The Hall–Kier alpha value is -3.61. The molecule has 7 heteroatoms. The number of phenolic OH excluding ortho intramolecular Hbond substituents is 1. The van der Waals surface area contributed by atoms with E-state index in [4.69, 9.17) is 9.72 Å². The summed E-state index contributed by atoms with van der Waals surface area (Å²) in [6, 6.07) is 15.4. The second-order valence-corrected chi connectivity index (χ2v) is 8.29. The second kappa shape index (κ2) is 8.49. The zero-order valence-corrected chi connectivity index (χ0v) is 18.1. The van der Waals surface area contributed by atoms with Gasteiger partial charge in [-0.3, -0.25) is 4.79 Å². The van der Waals surface area contributed by atoms with Crippen molar-refractivity contribution in [1.82, 2.24) is 9.97 Å². The first kappa shape index (κ1) is 20.3. The lowest BCUT2D eigenvalue weighted by molar-refractivity contribution is 0.0962. The van der Waals surface area contributed by atoms with Crippen molar-refractivity contribution < 1.29 is 14.6 Å². The van der Waals surface area contributed by atoms with Gasteiger partial charge in [0.15, 0.2) is 5.78 Å². The lowest BCUT2D eigenvalue weighted by atomic mass is 9.82. The van der Waals surface area contributed by atoms with Crippen molar-refractivity contribution in [3.05, 3.63) is 71.5 Å². The molecule has 2 aliphatic rings. The van der Waals surface area contributed by atoms with Crippen LogP contribution >= 0.6 is 0 Å². The molecule has 1 fully saturated rings. The van der Waals surface area contributed by atoms with Crippen molar-refractivity contribution in [2.45, 2.75) is 18.8 Å². The van der Waals surface area contributed by atoms with E-state index in [1.54, 1.807) is 25.4 Å². The molecule has 1 aromatic heterocycles. The van der Waals surface area contributed by atoms with Crippen LogP contribution in [-0.2, 0) is 6.42 Å². The summed E-state index contributed by atoms with van der Waals surface area (Å²) in [5, 5.41) is 10.2. The molecule has 1 saturated heterocycles. The molecule has 5 rings (SSSR count). The summed E-state index contributed by atoms with van der Waals surface area (Å²) in [6.45, 7) is 3.35. The predicted octanol–water partition coefficient (Wildman–Crippen LogP) is 3.43. The lowest BCUT2D eigenvalue weighted by Crippen LogP contribution is -2.47. The maximum Gasteiger partial charge on any atom is 0.225 e. The van der Waals surface area contributed by atoms with Crippen molar-refractivity contribution in [2.24, 2.45) is 0 Å². The number of fused-ring (bicyclic) bond motifs is 1. The summed E-state index contributed by atoms with van der Waals surface area (Å²) in [5.74, 6) is 1.73. The Balaban J connectivity index is 1.31. The standard InChI is InChI=1S/C25H26N4O3/c1-32-19-8-6-18(7-9-19)28-10-12-29(13-11-28)25-26-16-21-22(27-25)14-17(15-24(21)31)20-4-2-3-5-23(20)30/h2-9,16-17,30H,10-15H2,1H3/t17-/m0/s1. The number of aromatic nitrogens is 2. The number of para-hydroxylation sites is 1. The van der Waals surface area contributed by atoms with E-state index >= 15 is 0 Å². The molecular formula is C25H26N4O3. The van der Waals surface area contributed by atoms with Crippen LogP contribution in [0.4, 0.5) is 11.6 Å². The fourth-order valence-corrected chi connectivity index (χ4v) is 4.60. The van der Waals surface area contributed by atoms with Gasteiger partial charge in [0.05, 0.1) is 18.4 Å². The topological polar surface area (TPSA) is 78.8 Å². The molecule has 164 valence electrons. The number of ether oxygens (including phenoxy) is 1. The summed E-state index contributed by atoms with van der Waals surface area (Å²) < 4.78 is 5.25. The van der Waals surface area contributed by atoms with Crippen molar-refractivity contribution in [2.75, 3.05) is 43.1 Å². The summed E-state index contributed by atoms with van der Waals surface area (Å²) in [4.78, 5) is 26.5. The average Bonchev–Trinajstić information content (AvgIpc) is 2.84. The number of aromatic hydroxyl groups is 1. The van der Waals surface area contributed by atoms with Crippen molar-refractivity contribution in [3.8, 4) is 11.5 Å². The van der Waals surface area contributed by atoms with E-state index in [9.17, 15) is 9.90 Å². The Labute approximate surface area is 187 Å². The van der Waals surface area contributed by atoms with Gasteiger partial charge in [-0.1, -0.05) is 18.2 Å². The highest BCUT2D eigenvalue weighted by Gasteiger charge is 2.30. The Morgan fingerprint density at radius 1 is 0.969 bits per heavy atom. The van der Waals surface area contributed by atoms with Gasteiger partial charge in [0.25, 0.3) is 0 Å². The molecule has 1 aliphatic heterocycles. The third-order valence-corrected chi connectivity index (χ3v) is 6.40. The van der Waals surface area contributed by atoms with Gasteiger partial charge in [-0.15, -0.1) is 0 Å². The zero-order valence-electron chi connectivity index (χ0n) is 18.1. The van der Waals surface area contributed by atoms with Gasteiger partial charge in [-0.2, -0.15) is 0 Å². The molecule has 0 spiro atoms. The van der Waals surface area contributed by atoms with Crippen molar-refractivity contribution in [1.29, 1.82) is 0 Å². The van der Waals surface area contributed by atoms with E-state index in [2.05, 4.69) is 26.9 Å². The number of ketones is 1. The van der Waals surface area contributed by atoms with Gasteiger partial charge in [0.2, 0.25) is 5.95 Å². The van der Waals surface area contributed by atoms with Gasteiger partial charge >= 0.3 is 0 Å². The van der Waals surface area contributed by atoms with E-state index in [1.165, 1.54) is 5.69 Å². The van der Waals surface area contributed by atoms with Crippen LogP contribution in [0.3, 0.4) is 0 Å². The van der Waals surface area contributed by atoms with Crippen LogP contribution in [0.1, 0.15) is 34.0 Å². The number of methoxy groups -OCH3 is 1. The average molecular weight is 431 g/mol. The molecule has 0 radical (unpaired) electrons. The van der Waals surface area contributed by atoms with Gasteiger partial charge < -0.3 is 19.6 Å². The number of anilines is 2. The smallest absolute Gasteiger partial charge is 0.225 e. The van der Waals surface area contributed by atoms with Crippen LogP contribution in [0, 0.1) is 0 Å². The minimum atomic E-state index is -0.0640. The Morgan fingerprint density at radius 2 is 1.69 bits per heavy atom. The number of Topliss-reactive ketones (excluding diaryl/α,β-unsaturated/α-hetero) is 1. The fourth-order valence-electron chi connectivity index (χ4n) is 4.60. The van der Waals surface area contributed by atoms with E-state index in [0.717, 1.165) is 43.2 Å². The Bertz CT molecular complexity index is 1120. The lowest BCUT2D eigenvalue weighted by Gasteiger charge is -2.36. The maximum absolute atomic E-state index is 12.7. The molecular weight excluding hydrogens is 404 g/mol.